The van der Waals surface area contributed by atoms with Crippen molar-refractivity contribution in [2.75, 3.05) is 30.8 Å². The largest absolute Gasteiger partial charge is 0.370 e. The fourth-order valence-corrected chi connectivity index (χ4v) is 2.59. The normalized spacial score (nSPS) is 18.7. The van der Waals surface area contributed by atoms with Crippen LogP contribution in [0, 0.1) is 0 Å². The molecule has 1 aromatic heterocycles. The molecule has 0 bridgehead atoms. The summed E-state index contributed by atoms with van der Waals surface area (Å²) in [5, 5.41) is 6.83. The number of piperidine rings is 1. The van der Waals surface area contributed by atoms with Crippen molar-refractivity contribution in [1.82, 2.24) is 14.9 Å². The molecule has 0 radical (unpaired) electrons. The van der Waals surface area contributed by atoms with E-state index in [4.69, 9.17) is 0 Å². The van der Waals surface area contributed by atoms with Crippen molar-refractivity contribution in [2.24, 2.45) is 0 Å². The Morgan fingerprint density at radius 2 is 2.10 bits per heavy atom. The van der Waals surface area contributed by atoms with Gasteiger partial charge in [0.05, 0.1) is 0 Å². The minimum absolute atomic E-state index is 0.219. The molecule has 2 N–H and O–H groups in total. The fourth-order valence-electron chi connectivity index (χ4n) is 2.59. The molecule has 1 aromatic rings. The second kappa shape index (κ2) is 7.24. The topological polar surface area (TPSA) is 70.1 Å². The van der Waals surface area contributed by atoms with Crippen LogP contribution in [0.5, 0.6) is 0 Å². The Morgan fingerprint density at radius 3 is 2.76 bits per heavy atom. The van der Waals surface area contributed by atoms with Crippen LogP contribution in [0.25, 0.3) is 0 Å². The number of hydrogen-bond acceptors (Lipinski definition) is 5. The molecular formula is C15H25N5O. The van der Waals surface area contributed by atoms with E-state index in [0.717, 1.165) is 49.6 Å². The van der Waals surface area contributed by atoms with Crippen molar-refractivity contribution in [1.29, 1.82) is 0 Å². The van der Waals surface area contributed by atoms with E-state index < -0.39 is 0 Å². The number of likely N-dealkylation sites (N-methyl/N-ethyl adjacent to an activating group) is 1. The van der Waals surface area contributed by atoms with Crippen molar-refractivity contribution in [3.05, 3.63) is 11.9 Å². The van der Waals surface area contributed by atoms with Gasteiger partial charge in [0.2, 0.25) is 5.91 Å². The van der Waals surface area contributed by atoms with Crippen LogP contribution in [0.2, 0.25) is 0 Å². The zero-order chi connectivity index (χ0) is 15.2. The molecule has 2 rings (SSSR count). The van der Waals surface area contributed by atoms with Crippen molar-refractivity contribution < 1.29 is 4.79 Å². The molecule has 2 heterocycles. The summed E-state index contributed by atoms with van der Waals surface area (Å²) in [6.45, 7) is 5.87. The van der Waals surface area contributed by atoms with Crippen LogP contribution in [-0.2, 0) is 11.2 Å². The number of aromatic nitrogens is 2. The average molecular weight is 291 g/mol. The number of carbonyl (C=O) groups excluding carboxylic acids is 1. The monoisotopic (exact) mass is 291 g/mol. The predicted molar refractivity (Wildman–Crippen MR) is 84.5 cm³/mol. The summed E-state index contributed by atoms with van der Waals surface area (Å²) in [6.07, 6.45) is 4.98. The number of anilines is 2. The molecule has 21 heavy (non-hydrogen) atoms. The first-order chi connectivity index (χ1) is 10.2. The van der Waals surface area contributed by atoms with Crippen LogP contribution < -0.4 is 10.6 Å². The summed E-state index contributed by atoms with van der Waals surface area (Å²) < 4.78 is 0. The summed E-state index contributed by atoms with van der Waals surface area (Å²) in [5.74, 6) is 2.02. The molecule has 0 aliphatic carbocycles. The van der Waals surface area contributed by atoms with Crippen LogP contribution >= 0.6 is 0 Å². The Hall–Kier alpha value is -1.85. The molecule has 1 amide bonds. The minimum Gasteiger partial charge on any atom is -0.370 e. The number of likely N-dealkylation sites (tertiary alicyclic amines) is 1. The van der Waals surface area contributed by atoms with Gasteiger partial charge >= 0.3 is 0 Å². The van der Waals surface area contributed by atoms with Gasteiger partial charge in [-0.1, -0.05) is 13.8 Å². The summed E-state index contributed by atoms with van der Waals surface area (Å²) in [4.78, 5) is 22.1. The summed E-state index contributed by atoms with van der Waals surface area (Å²) in [5.41, 5.74) is 1.12. The summed E-state index contributed by atoms with van der Waals surface area (Å²) in [6, 6.07) is 0.256. The molecule has 6 nitrogen and oxygen atoms in total. The van der Waals surface area contributed by atoms with E-state index >= 15 is 0 Å². The molecule has 6 heteroatoms. The lowest BCUT2D eigenvalue weighted by atomic mass is 10.1. The van der Waals surface area contributed by atoms with Crippen LogP contribution in [0.3, 0.4) is 0 Å². The standard InChI is InChI=1S/C15H25N5O/c1-4-8-16-14-12(5-2)15(18-10-17-14)19-11-6-7-13(21)20(3)9-11/h10-11H,4-9H2,1-3H3,(H2,16,17,18,19). The van der Waals surface area contributed by atoms with Gasteiger partial charge in [-0.15, -0.1) is 0 Å². The molecule has 0 spiro atoms. The second-order valence-corrected chi connectivity index (χ2v) is 5.48. The predicted octanol–water partition coefficient (Wildman–Crippen LogP) is 1.89. The number of hydrogen-bond donors (Lipinski definition) is 2. The lowest BCUT2D eigenvalue weighted by Crippen LogP contribution is -2.43. The molecule has 1 atom stereocenters. The van der Waals surface area contributed by atoms with Crippen molar-refractivity contribution in [3.8, 4) is 0 Å². The van der Waals surface area contributed by atoms with Gasteiger partial charge in [0, 0.05) is 38.2 Å². The van der Waals surface area contributed by atoms with Crippen LogP contribution in [-0.4, -0.2) is 47.0 Å². The van der Waals surface area contributed by atoms with Crippen LogP contribution in [0.1, 0.15) is 38.7 Å². The minimum atomic E-state index is 0.219. The van der Waals surface area contributed by atoms with E-state index in [9.17, 15) is 4.79 Å². The van der Waals surface area contributed by atoms with Gasteiger partial charge in [-0.2, -0.15) is 0 Å². The quantitative estimate of drug-likeness (QED) is 0.837. The summed E-state index contributed by atoms with van der Waals surface area (Å²) in [7, 11) is 1.85. The van der Waals surface area contributed by atoms with E-state index in [-0.39, 0.29) is 11.9 Å². The van der Waals surface area contributed by atoms with E-state index in [0.29, 0.717) is 6.42 Å². The third kappa shape index (κ3) is 3.83. The molecule has 1 saturated heterocycles. The molecule has 116 valence electrons. The van der Waals surface area contributed by atoms with Gasteiger partial charge in [-0.25, -0.2) is 9.97 Å². The van der Waals surface area contributed by atoms with E-state index in [1.807, 2.05) is 7.05 Å². The van der Waals surface area contributed by atoms with Crippen LogP contribution in [0.4, 0.5) is 11.6 Å². The van der Waals surface area contributed by atoms with Gasteiger partial charge < -0.3 is 15.5 Å². The molecule has 0 saturated carbocycles. The average Bonchev–Trinajstić information content (AvgIpc) is 2.49. The lowest BCUT2D eigenvalue weighted by molar-refractivity contribution is -0.132. The molecule has 0 aromatic carbocycles. The fraction of sp³-hybridized carbons (Fsp3) is 0.667. The van der Waals surface area contributed by atoms with Crippen LogP contribution in [0.15, 0.2) is 6.33 Å². The van der Waals surface area contributed by atoms with Gasteiger partial charge in [0.15, 0.2) is 0 Å². The third-order valence-corrected chi connectivity index (χ3v) is 3.81. The molecule has 1 aliphatic heterocycles. The number of nitrogens with one attached hydrogen (secondary N) is 2. The van der Waals surface area contributed by atoms with Gasteiger partial charge in [-0.05, 0) is 19.3 Å². The maximum absolute atomic E-state index is 11.6. The van der Waals surface area contributed by atoms with Gasteiger partial charge in [-0.3, -0.25) is 4.79 Å². The maximum Gasteiger partial charge on any atom is 0.222 e. The van der Waals surface area contributed by atoms with Gasteiger partial charge in [0.25, 0.3) is 0 Å². The van der Waals surface area contributed by atoms with Crippen molar-refractivity contribution in [2.45, 2.75) is 45.6 Å². The highest BCUT2D eigenvalue weighted by Gasteiger charge is 2.23. The Labute approximate surface area is 126 Å². The van der Waals surface area contributed by atoms with E-state index in [1.165, 1.54) is 0 Å². The number of carbonyl (C=O) groups is 1. The molecule has 1 aliphatic rings. The SMILES string of the molecule is CCCNc1ncnc(NC2CCC(=O)N(C)C2)c1CC. The second-order valence-electron chi connectivity index (χ2n) is 5.48. The highest BCUT2D eigenvalue weighted by atomic mass is 16.2. The molecule has 1 unspecified atom stereocenters. The van der Waals surface area contributed by atoms with Crippen molar-refractivity contribution >= 4 is 17.5 Å². The van der Waals surface area contributed by atoms with Crippen molar-refractivity contribution in [3.63, 3.8) is 0 Å². The Kier molecular flexibility index (Phi) is 5.36. The van der Waals surface area contributed by atoms with E-state index in [2.05, 4.69) is 34.4 Å². The number of nitrogens with zero attached hydrogens (tertiary/aromatic N) is 3. The zero-order valence-electron chi connectivity index (χ0n) is 13.1. The Bertz CT molecular complexity index is 491. The zero-order valence-corrected chi connectivity index (χ0v) is 13.1. The van der Waals surface area contributed by atoms with E-state index in [1.54, 1.807) is 11.2 Å². The molecular weight excluding hydrogens is 266 g/mol. The Morgan fingerprint density at radius 1 is 1.33 bits per heavy atom. The molecule has 1 fully saturated rings. The first-order valence-corrected chi connectivity index (χ1v) is 7.73. The first kappa shape index (κ1) is 15.5. The third-order valence-electron chi connectivity index (χ3n) is 3.81. The summed E-state index contributed by atoms with van der Waals surface area (Å²) >= 11 is 0. The lowest BCUT2D eigenvalue weighted by Gasteiger charge is -2.31. The maximum atomic E-state index is 11.6. The highest BCUT2D eigenvalue weighted by molar-refractivity contribution is 5.77. The Balaban J connectivity index is 2.10. The highest BCUT2D eigenvalue weighted by Crippen LogP contribution is 2.23. The number of amides is 1. The van der Waals surface area contributed by atoms with Gasteiger partial charge in [0.1, 0.15) is 18.0 Å². The smallest absolute Gasteiger partial charge is 0.222 e. The number of rotatable bonds is 6. The first-order valence-electron chi connectivity index (χ1n) is 7.73.